The summed E-state index contributed by atoms with van der Waals surface area (Å²) >= 11 is 3.38. The fourth-order valence-electron chi connectivity index (χ4n) is 2.36. The second kappa shape index (κ2) is 7.61. The Morgan fingerprint density at radius 3 is 2.52 bits per heavy atom. The lowest BCUT2D eigenvalue weighted by molar-refractivity contribution is -0.139. The van der Waals surface area contributed by atoms with Crippen molar-refractivity contribution in [3.63, 3.8) is 0 Å². The fourth-order valence-corrected chi connectivity index (χ4v) is 2.62. The summed E-state index contributed by atoms with van der Waals surface area (Å²) in [5.74, 6) is 0.764. The Hall–Kier alpha value is -1.33. The summed E-state index contributed by atoms with van der Waals surface area (Å²) in [4.78, 5) is 16.6. The molecule has 21 heavy (non-hydrogen) atoms. The van der Waals surface area contributed by atoms with Gasteiger partial charge in [-0.3, -0.25) is 9.69 Å². The molecule has 114 valence electrons. The van der Waals surface area contributed by atoms with Gasteiger partial charge in [0, 0.05) is 37.2 Å². The van der Waals surface area contributed by atoms with Crippen molar-refractivity contribution < 1.29 is 9.53 Å². The van der Waals surface area contributed by atoms with E-state index in [1.54, 1.807) is 6.92 Å². The van der Waals surface area contributed by atoms with Gasteiger partial charge in [0.05, 0.1) is 0 Å². The Balaban J connectivity index is 1.85. The highest BCUT2D eigenvalue weighted by Crippen LogP contribution is 2.18. The molecule has 0 N–H and O–H groups in total. The van der Waals surface area contributed by atoms with Crippen molar-refractivity contribution in [2.75, 3.05) is 32.7 Å². The molecule has 0 aromatic heterocycles. The summed E-state index contributed by atoms with van der Waals surface area (Å²) in [5.41, 5.74) is 0. The van der Waals surface area contributed by atoms with Crippen LogP contribution in [0.25, 0.3) is 0 Å². The van der Waals surface area contributed by atoms with Crippen LogP contribution in [0.4, 0.5) is 0 Å². The van der Waals surface area contributed by atoms with E-state index in [1.807, 2.05) is 35.2 Å². The zero-order valence-corrected chi connectivity index (χ0v) is 13.9. The molecule has 4 nitrogen and oxygen atoms in total. The smallest absolute Gasteiger partial charge is 0.263 e. The summed E-state index contributed by atoms with van der Waals surface area (Å²) in [7, 11) is 0. The molecular formula is C16H21BrN2O2. The van der Waals surface area contributed by atoms with E-state index in [-0.39, 0.29) is 5.91 Å². The minimum atomic E-state index is -0.461. The van der Waals surface area contributed by atoms with Crippen molar-refractivity contribution in [2.45, 2.75) is 13.0 Å². The van der Waals surface area contributed by atoms with Gasteiger partial charge in [0.1, 0.15) is 5.75 Å². The van der Waals surface area contributed by atoms with Crippen molar-refractivity contribution in [3.05, 3.63) is 41.4 Å². The normalized spacial score (nSPS) is 17.3. The van der Waals surface area contributed by atoms with Gasteiger partial charge in [0.15, 0.2) is 6.10 Å². The third kappa shape index (κ3) is 4.58. The van der Waals surface area contributed by atoms with Gasteiger partial charge in [-0.15, -0.1) is 6.58 Å². The van der Waals surface area contributed by atoms with Gasteiger partial charge in [-0.1, -0.05) is 22.0 Å². The molecule has 1 atom stereocenters. The van der Waals surface area contributed by atoms with Crippen LogP contribution in [0.5, 0.6) is 5.75 Å². The van der Waals surface area contributed by atoms with Crippen molar-refractivity contribution in [3.8, 4) is 5.75 Å². The average molecular weight is 353 g/mol. The number of hydrogen-bond donors (Lipinski definition) is 0. The monoisotopic (exact) mass is 352 g/mol. The second-order valence-corrected chi connectivity index (χ2v) is 6.04. The van der Waals surface area contributed by atoms with Crippen molar-refractivity contribution in [2.24, 2.45) is 0 Å². The maximum Gasteiger partial charge on any atom is 0.263 e. The van der Waals surface area contributed by atoms with E-state index < -0.39 is 6.10 Å². The summed E-state index contributed by atoms with van der Waals surface area (Å²) in [5, 5.41) is 0. The molecule has 2 rings (SSSR count). The third-order valence-electron chi connectivity index (χ3n) is 3.55. The van der Waals surface area contributed by atoms with E-state index in [1.165, 1.54) is 0 Å². The van der Waals surface area contributed by atoms with E-state index in [9.17, 15) is 4.79 Å². The number of carbonyl (C=O) groups is 1. The molecule has 0 aliphatic carbocycles. The first kappa shape index (κ1) is 16.0. The van der Waals surface area contributed by atoms with Gasteiger partial charge >= 0.3 is 0 Å². The van der Waals surface area contributed by atoms with Crippen LogP contribution in [0.2, 0.25) is 0 Å². The van der Waals surface area contributed by atoms with E-state index in [2.05, 4.69) is 27.4 Å². The Kier molecular flexibility index (Phi) is 5.82. The van der Waals surface area contributed by atoms with E-state index in [0.717, 1.165) is 37.2 Å². The number of carbonyl (C=O) groups excluding carboxylic acids is 1. The topological polar surface area (TPSA) is 32.8 Å². The molecule has 1 fully saturated rings. The Bertz CT molecular complexity index is 482. The molecule has 0 unspecified atom stereocenters. The largest absolute Gasteiger partial charge is 0.481 e. The molecule has 1 amide bonds. The Labute approximate surface area is 134 Å². The van der Waals surface area contributed by atoms with Crippen LogP contribution in [-0.4, -0.2) is 54.5 Å². The van der Waals surface area contributed by atoms with E-state index in [0.29, 0.717) is 5.75 Å². The summed E-state index contributed by atoms with van der Waals surface area (Å²) in [6.45, 7) is 9.72. The average Bonchev–Trinajstić information content (AvgIpc) is 2.50. The summed E-state index contributed by atoms with van der Waals surface area (Å²) in [6.07, 6.45) is 1.44. The molecule has 1 heterocycles. The van der Waals surface area contributed by atoms with Gasteiger partial charge < -0.3 is 9.64 Å². The lowest BCUT2D eigenvalue weighted by atomic mass is 10.2. The third-order valence-corrected chi connectivity index (χ3v) is 4.07. The highest BCUT2D eigenvalue weighted by atomic mass is 79.9. The molecule has 0 radical (unpaired) electrons. The van der Waals surface area contributed by atoms with Crippen LogP contribution in [0, 0.1) is 0 Å². The number of piperazine rings is 1. The molecular weight excluding hydrogens is 332 g/mol. The highest BCUT2D eigenvalue weighted by molar-refractivity contribution is 9.10. The van der Waals surface area contributed by atoms with Crippen LogP contribution < -0.4 is 4.74 Å². The molecule has 5 heteroatoms. The first-order chi connectivity index (χ1) is 10.1. The zero-order chi connectivity index (χ0) is 15.2. The van der Waals surface area contributed by atoms with E-state index >= 15 is 0 Å². The molecule has 0 saturated carbocycles. The van der Waals surface area contributed by atoms with Crippen LogP contribution in [-0.2, 0) is 4.79 Å². The molecule has 1 aliphatic rings. The standard InChI is InChI=1S/C16H21BrN2O2/c1-3-8-18-9-11-19(12-10-18)16(20)13(2)21-15-6-4-14(17)5-7-15/h3-7,13H,1,8-12H2,2H3/t13-/m0/s1. The van der Waals surface area contributed by atoms with Crippen LogP contribution in [0.3, 0.4) is 0 Å². The van der Waals surface area contributed by atoms with Gasteiger partial charge in [0.25, 0.3) is 5.91 Å². The minimum Gasteiger partial charge on any atom is -0.481 e. The fraction of sp³-hybridized carbons (Fsp3) is 0.438. The van der Waals surface area contributed by atoms with Crippen molar-refractivity contribution in [1.29, 1.82) is 0 Å². The van der Waals surface area contributed by atoms with Gasteiger partial charge in [-0.05, 0) is 31.2 Å². The highest BCUT2D eigenvalue weighted by Gasteiger charge is 2.25. The van der Waals surface area contributed by atoms with Crippen molar-refractivity contribution in [1.82, 2.24) is 9.80 Å². The molecule has 1 aromatic carbocycles. The first-order valence-electron chi connectivity index (χ1n) is 7.14. The molecule has 0 bridgehead atoms. The number of hydrogen-bond acceptors (Lipinski definition) is 3. The predicted molar refractivity (Wildman–Crippen MR) is 87.4 cm³/mol. The Morgan fingerprint density at radius 2 is 1.95 bits per heavy atom. The number of ether oxygens (including phenoxy) is 1. The number of rotatable bonds is 5. The Morgan fingerprint density at radius 1 is 1.33 bits per heavy atom. The lowest BCUT2D eigenvalue weighted by Crippen LogP contribution is -2.51. The molecule has 0 spiro atoms. The maximum atomic E-state index is 12.4. The number of benzene rings is 1. The molecule has 1 aliphatic heterocycles. The summed E-state index contributed by atoms with van der Waals surface area (Å²) in [6, 6.07) is 7.52. The van der Waals surface area contributed by atoms with Crippen LogP contribution >= 0.6 is 15.9 Å². The summed E-state index contributed by atoms with van der Waals surface area (Å²) < 4.78 is 6.71. The number of nitrogens with zero attached hydrogens (tertiary/aromatic N) is 2. The van der Waals surface area contributed by atoms with Crippen LogP contribution in [0.1, 0.15) is 6.92 Å². The minimum absolute atomic E-state index is 0.0520. The number of amides is 1. The zero-order valence-electron chi connectivity index (χ0n) is 12.3. The van der Waals surface area contributed by atoms with Crippen molar-refractivity contribution >= 4 is 21.8 Å². The van der Waals surface area contributed by atoms with E-state index in [4.69, 9.17) is 4.74 Å². The molecule has 1 saturated heterocycles. The van der Waals surface area contributed by atoms with Gasteiger partial charge in [-0.2, -0.15) is 0 Å². The first-order valence-corrected chi connectivity index (χ1v) is 7.93. The number of halogens is 1. The van der Waals surface area contributed by atoms with Crippen LogP contribution in [0.15, 0.2) is 41.4 Å². The van der Waals surface area contributed by atoms with Gasteiger partial charge in [-0.25, -0.2) is 0 Å². The second-order valence-electron chi connectivity index (χ2n) is 5.13. The van der Waals surface area contributed by atoms with Gasteiger partial charge in [0.2, 0.25) is 0 Å². The predicted octanol–water partition coefficient (Wildman–Crippen LogP) is 2.55. The maximum absolute atomic E-state index is 12.4. The lowest BCUT2D eigenvalue weighted by Gasteiger charge is -2.35. The quantitative estimate of drug-likeness (QED) is 0.763. The SMILES string of the molecule is C=CCN1CCN(C(=O)[C@H](C)Oc2ccc(Br)cc2)CC1. The molecule has 1 aromatic rings.